The van der Waals surface area contributed by atoms with Gasteiger partial charge < -0.3 is 15.8 Å². The van der Waals surface area contributed by atoms with Crippen LogP contribution in [0.4, 0.5) is 8.78 Å². The van der Waals surface area contributed by atoms with Crippen LogP contribution in [0.5, 0.6) is 5.88 Å². The van der Waals surface area contributed by atoms with Gasteiger partial charge in [0.2, 0.25) is 5.88 Å². The Morgan fingerprint density at radius 3 is 2.71 bits per heavy atom. The number of carbonyl (C=O) groups is 1. The van der Waals surface area contributed by atoms with Gasteiger partial charge in [0.15, 0.2) is 0 Å². The Labute approximate surface area is 209 Å². The fraction of sp³-hybridized carbons (Fsp3) is 0.261. The number of benzene rings is 2. The molecule has 1 aromatic heterocycles. The van der Waals surface area contributed by atoms with E-state index < -0.39 is 17.2 Å². The molecule has 7 nitrogen and oxygen atoms in total. The van der Waals surface area contributed by atoms with Gasteiger partial charge in [0, 0.05) is 23.7 Å². The molecule has 0 aliphatic carbocycles. The Morgan fingerprint density at radius 2 is 2.00 bits per heavy atom. The molecule has 3 rings (SSSR count). The first-order valence-corrected chi connectivity index (χ1v) is 11.0. The van der Waals surface area contributed by atoms with Crippen molar-refractivity contribution < 1.29 is 18.3 Å². The minimum Gasteiger partial charge on any atom is -0.472 e. The second kappa shape index (κ2) is 12.6. The van der Waals surface area contributed by atoms with Crippen molar-refractivity contribution in [1.29, 1.82) is 0 Å². The lowest BCUT2D eigenvalue weighted by Crippen LogP contribution is -2.27. The van der Waals surface area contributed by atoms with Crippen LogP contribution in [0, 0.1) is 18.6 Å². The number of ether oxygens (including phenoxy) is 1. The number of rotatable bonds is 9. The van der Waals surface area contributed by atoms with Gasteiger partial charge in [-0.05, 0) is 65.6 Å². The summed E-state index contributed by atoms with van der Waals surface area (Å²) in [5.74, 6) is -1.28. The minimum atomic E-state index is -0.747. The Kier molecular flexibility index (Phi) is 10.2. The molecule has 0 saturated carbocycles. The third-order valence-electron chi connectivity index (χ3n) is 4.85. The van der Waals surface area contributed by atoms with Crippen LogP contribution in [0.1, 0.15) is 33.7 Å². The predicted octanol–water partition coefficient (Wildman–Crippen LogP) is 3.72. The van der Waals surface area contributed by atoms with Crippen molar-refractivity contribution in [3.63, 3.8) is 0 Å². The van der Waals surface area contributed by atoms with Crippen LogP contribution in [-0.2, 0) is 13.2 Å². The molecule has 0 atom stereocenters. The number of amides is 1. The van der Waals surface area contributed by atoms with E-state index in [-0.39, 0.29) is 47.4 Å². The summed E-state index contributed by atoms with van der Waals surface area (Å²) in [6.07, 6.45) is 0.682. The Hall–Kier alpha value is -2.82. The van der Waals surface area contributed by atoms with Crippen LogP contribution in [0.15, 0.2) is 51.7 Å². The number of hydrogen-bond donors (Lipinski definition) is 2. The molecule has 11 heteroatoms. The molecule has 1 amide bonds. The van der Waals surface area contributed by atoms with Crippen molar-refractivity contribution in [2.75, 3.05) is 13.1 Å². The zero-order chi connectivity index (χ0) is 24.0. The van der Waals surface area contributed by atoms with Crippen molar-refractivity contribution in [3.8, 4) is 5.88 Å². The molecule has 0 spiro atoms. The van der Waals surface area contributed by atoms with Gasteiger partial charge in [-0.15, -0.1) is 12.4 Å². The van der Waals surface area contributed by atoms with Gasteiger partial charge in [0.1, 0.15) is 28.5 Å². The average Bonchev–Trinajstić information content (AvgIpc) is 2.79. The molecular weight excluding hydrogens is 534 g/mol. The second-order valence-electron chi connectivity index (χ2n) is 7.29. The SMILES string of the molecule is Cc1nc(OCc2ccc(F)cc2F)c(Br)c(=O)n1Cc1cccc(C(=O)NCCCN)c1.Cl. The Morgan fingerprint density at radius 1 is 1.24 bits per heavy atom. The third kappa shape index (κ3) is 6.85. The predicted molar refractivity (Wildman–Crippen MR) is 130 cm³/mol. The fourth-order valence-electron chi connectivity index (χ4n) is 3.08. The molecular formula is C23H24BrClF2N4O3. The summed E-state index contributed by atoms with van der Waals surface area (Å²) in [5, 5.41) is 2.79. The molecule has 2 aromatic carbocycles. The van der Waals surface area contributed by atoms with Gasteiger partial charge in [-0.1, -0.05) is 12.1 Å². The van der Waals surface area contributed by atoms with E-state index in [1.54, 1.807) is 31.2 Å². The highest BCUT2D eigenvalue weighted by atomic mass is 79.9. The average molecular weight is 558 g/mol. The van der Waals surface area contributed by atoms with E-state index >= 15 is 0 Å². The molecule has 0 unspecified atom stereocenters. The molecule has 1 heterocycles. The molecule has 0 radical (unpaired) electrons. The molecule has 0 fully saturated rings. The van der Waals surface area contributed by atoms with Crippen molar-refractivity contribution in [2.45, 2.75) is 26.5 Å². The van der Waals surface area contributed by atoms with Crippen molar-refractivity contribution in [1.82, 2.24) is 14.9 Å². The lowest BCUT2D eigenvalue weighted by atomic mass is 10.1. The van der Waals surface area contributed by atoms with Crippen molar-refractivity contribution in [2.24, 2.45) is 5.73 Å². The molecule has 3 N–H and O–H groups in total. The van der Waals surface area contributed by atoms with E-state index in [0.29, 0.717) is 30.9 Å². The third-order valence-corrected chi connectivity index (χ3v) is 5.53. The summed E-state index contributed by atoms with van der Waals surface area (Å²) >= 11 is 3.21. The highest BCUT2D eigenvalue weighted by molar-refractivity contribution is 9.10. The molecule has 182 valence electrons. The number of nitrogens with two attached hydrogens (primary N) is 1. The van der Waals surface area contributed by atoms with E-state index in [1.165, 1.54) is 10.6 Å². The van der Waals surface area contributed by atoms with Gasteiger partial charge in [-0.3, -0.25) is 14.2 Å². The summed E-state index contributed by atoms with van der Waals surface area (Å²) in [6, 6.07) is 10.1. The quantitative estimate of drug-likeness (QED) is 0.391. The lowest BCUT2D eigenvalue weighted by molar-refractivity contribution is 0.0953. The van der Waals surface area contributed by atoms with Gasteiger partial charge in [-0.2, -0.15) is 4.98 Å². The topological polar surface area (TPSA) is 99.2 Å². The smallest absolute Gasteiger partial charge is 0.272 e. The Balaban J connectivity index is 0.00000408. The number of aryl methyl sites for hydroxylation is 1. The normalized spacial score (nSPS) is 10.5. The summed E-state index contributed by atoms with van der Waals surface area (Å²) < 4.78 is 33.9. The first-order valence-electron chi connectivity index (χ1n) is 10.2. The number of hydrogen-bond acceptors (Lipinski definition) is 5. The first-order chi connectivity index (χ1) is 15.8. The van der Waals surface area contributed by atoms with Gasteiger partial charge >= 0.3 is 0 Å². The fourth-order valence-corrected chi connectivity index (χ4v) is 3.50. The van der Waals surface area contributed by atoms with Crippen LogP contribution in [0.3, 0.4) is 0 Å². The monoisotopic (exact) mass is 556 g/mol. The van der Waals surface area contributed by atoms with Crippen LogP contribution < -0.4 is 21.3 Å². The van der Waals surface area contributed by atoms with Crippen LogP contribution in [0.25, 0.3) is 0 Å². The molecule has 0 aliphatic rings. The van der Waals surface area contributed by atoms with E-state index in [0.717, 1.165) is 17.7 Å². The zero-order valence-corrected chi connectivity index (χ0v) is 20.7. The maximum atomic E-state index is 13.8. The van der Waals surface area contributed by atoms with Gasteiger partial charge in [0.05, 0.1) is 6.54 Å². The highest BCUT2D eigenvalue weighted by Gasteiger charge is 2.16. The van der Waals surface area contributed by atoms with Crippen LogP contribution >= 0.6 is 28.3 Å². The van der Waals surface area contributed by atoms with E-state index in [2.05, 4.69) is 26.2 Å². The maximum absolute atomic E-state index is 13.8. The largest absolute Gasteiger partial charge is 0.472 e. The van der Waals surface area contributed by atoms with E-state index in [1.807, 2.05) is 0 Å². The zero-order valence-electron chi connectivity index (χ0n) is 18.3. The molecule has 34 heavy (non-hydrogen) atoms. The van der Waals surface area contributed by atoms with Crippen molar-refractivity contribution >= 4 is 34.2 Å². The van der Waals surface area contributed by atoms with E-state index in [4.69, 9.17) is 10.5 Å². The minimum absolute atomic E-state index is 0. The van der Waals surface area contributed by atoms with Crippen LogP contribution in [0.2, 0.25) is 0 Å². The summed E-state index contributed by atoms with van der Waals surface area (Å²) in [6.45, 7) is 2.58. The second-order valence-corrected chi connectivity index (χ2v) is 8.09. The maximum Gasteiger partial charge on any atom is 0.272 e. The standard InChI is InChI=1S/C23H23BrF2N4O3.ClH/c1-14-29-22(33-13-17-6-7-18(25)11-19(17)26)20(24)23(32)30(14)12-15-4-2-5-16(10-15)21(31)28-9-3-8-27;/h2,4-7,10-11H,3,8-9,12-13,27H2,1H3,(H,28,31);1H. The summed E-state index contributed by atoms with van der Waals surface area (Å²) in [4.78, 5) is 29.5. The number of carbonyl (C=O) groups excluding carboxylic acids is 1. The van der Waals surface area contributed by atoms with Crippen LogP contribution in [-0.4, -0.2) is 28.5 Å². The summed E-state index contributed by atoms with van der Waals surface area (Å²) in [5.41, 5.74) is 6.40. The van der Waals surface area contributed by atoms with Crippen molar-refractivity contribution in [3.05, 3.63) is 91.4 Å². The number of halogens is 4. The molecule has 0 aliphatic heterocycles. The number of nitrogens with one attached hydrogen (secondary N) is 1. The molecule has 3 aromatic rings. The molecule has 0 saturated heterocycles. The first kappa shape index (κ1) is 27.4. The van der Waals surface area contributed by atoms with Gasteiger partial charge in [-0.25, -0.2) is 8.78 Å². The highest BCUT2D eigenvalue weighted by Crippen LogP contribution is 2.21. The Bertz CT molecular complexity index is 1220. The van der Waals surface area contributed by atoms with E-state index in [9.17, 15) is 18.4 Å². The summed E-state index contributed by atoms with van der Waals surface area (Å²) in [7, 11) is 0. The number of aromatic nitrogens is 2. The van der Waals surface area contributed by atoms with Gasteiger partial charge in [0.25, 0.3) is 11.5 Å². The lowest BCUT2D eigenvalue weighted by Gasteiger charge is -2.14. The number of nitrogens with zero attached hydrogens (tertiary/aromatic N) is 2. The molecule has 0 bridgehead atoms.